The minimum atomic E-state index is -1.14. The molecular formula is C25H23NO6. The minimum absolute atomic E-state index is 0.143. The van der Waals surface area contributed by atoms with Crippen LogP contribution in [0.4, 0.5) is 0 Å². The quantitative estimate of drug-likeness (QED) is 0.448. The average Bonchev–Trinajstić information content (AvgIpc) is 3.13. The SMILES string of the molecule is Cc1coc2c(C)c3oc(=O)c(CC(=O)N[C@@H](Cc4ccccc4)C(=O)O)c(C)c3cc12. The first kappa shape index (κ1) is 21.4. The molecule has 0 aliphatic carbocycles. The van der Waals surface area contributed by atoms with Crippen LogP contribution in [0.3, 0.4) is 0 Å². The summed E-state index contributed by atoms with van der Waals surface area (Å²) in [6.07, 6.45) is 1.52. The van der Waals surface area contributed by atoms with E-state index in [1.54, 1.807) is 37.5 Å². The second-order valence-electron chi connectivity index (χ2n) is 7.99. The standard InChI is InChI=1S/C25H23NO6/c1-13-12-31-22-15(3)23-18(10-17(13)22)14(2)19(25(30)32-23)11-21(27)26-20(24(28)29)9-16-7-5-4-6-8-16/h4-8,10,12,20H,9,11H2,1-3H3,(H,26,27)(H,28,29)/t20-/m0/s1. The summed E-state index contributed by atoms with van der Waals surface area (Å²) in [5.74, 6) is -1.70. The van der Waals surface area contributed by atoms with Gasteiger partial charge in [0.2, 0.25) is 5.91 Å². The van der Waals surface area contributed by atoms with E-state index < -0.39 is 23.5 Å². The fraction of sp³-hybridized carbons (Fsp3) is 0.240. The number of carbonyl (C=O) groups excluding carboxylic acids is 1. The zero-order valence-electron chi connectivity index (χ0n) is 18.0. The molecule has 0 bridgehead atoms. The highest BCUT2D eigenvalue weighted by molar-refractivity contribution is 6.00. The van der Waals surface area contributed by atoms with Gasteiger partial charge in [0.15, 0.2) is 0 Å². The zero-order valence-corrected chi connectivity index (χ0v) is 18.0. The molecule has 32 heavy (non-hydrogen) atoms. The average molecular weight is 433 g/mol. The topological polar surface area (TPSA) is 110 Å². The van der Waals surface area contributed by atoms with Gasteiger partial charge in [0.05, 0.1) is 18.2 Å². The molecule has 2 aromatic heterocycles. The fourth-order valence-electron chi connectivity index (χ4n) is 3.98. The van der Waals surface area contributed by atoms with E-state index in [1.165, 1.54) is 0 Å². The molecule has 0 spiro atoms. The second-order valence-corrected chi connectivity index (χ2v) is 7.99. The van der Waals surface area contributed by atoms with Gasteiger partial charge in [0, 0.05) is 22.8 Å². The van der Waals surface area contributed by atoms with Crippen LogP contribution in [0, 0.1) is 20.8 Å². The molecule has 7 heteroatoms. The molecule has 164 valence electrons. The third-order valence-corrected chi connectivity index (χ3v) is 5.79. The predicted molar refractivity (Wildman–Crippen MR) is 120 cm³/mol. The molecule has 1 atom stereocenters. The number of furan rings is 1. The summed E-state index contributed by atoms with van der Waals surface area (Å²) in [4.78, 5) is 37.0. The van der Waals surface area contributed by atoms with Gasteiger partial charge in [-0.05, 0) is 43.5 Å². The van der Waals surface area contributed by atoms with Crippen LogP contribution in [0.1, 0.15) is 27.8 Å². The van der Waals surface area contributed by atoms with Crippen molar-refractivity contribution in [2.75, 3.05) is 0 Å². The molecule has 7 nitrogen and oxygen atoms in total. The van der Waals surface area contributed by atoms with Crippen molar-refractivity contribution in [2.45, 2.75) is 39.7 Å². The monoisotopic (exact) mass is 433 g/mol. The maximum atomic E-state index is 12.7. The summed E-state index contributed by atoms with van der Waals surface area (Å²) in [5.41, 5.74) is 3.77. The summed E-state index contributed by atoms with van der Waals surface area (Å²) in [5, 5.41) is 13.7. The van der Waals surface area contributed by atoms with Gasteiger partial charge < -0.3 is 19.3 Å². The Labute approximate surface area is 183 Å². The van der Waals surface area contributed by atoms with Crippen LogP contribution in [0.5, 0.6) is 0 Å². The molecule has 4 rings (SSSR count). The summed E-state index contributed by atoms with van der Waals surface area (Å²) < 4.78 is 11.2. The molecule has 0 aliphatic rings. The number of carboxylic acids is 1. The number of carbonyl (C=O) groups is 2. The van der Waals surface area contributed by atoms with E-state index in [0.717, 1.165) is 27.5 Å². The summed E-state index contributed by atoms with van der Waals surface area (Å²) in [6.45, 7) is 5.52. The van der Waals surface area contributed by atoms with Crippen molar-refractivity contribution >= 4 is 33.8 Å². The van der Waals surface area contributed by atoms with Crippen LogP contribution < -0.4 is 10.9 Å². The first-order chi connectivity index (χ1) is 15.3. The number of hydrogen-bond acceptors (Lipinski definition) is 5. The van der Waals surface area contributed by atoms with Crippen molar-refractivity contribution in [3.63, 3.8) is 0 Å². The van der Waals surface area contributed by atoms with Crippen LogP contribution in [0.2, 0.25) is 0 Å². The summed E-state index contributed by atoms with van der Waals surface area (Å²) >= 11 is 0. The third-order valence-electron chi connectivity index (χ3n) is 5.79. The Hall–Kier alpha value is -3.87. The van der Waals surface area contributed by atoms with Crippen molar-refractivity contribution in [2.24, 2.45) is 0 Å². The van der Waals surface area contributed by atoms with Crippen molar-refractivity contribution in [3.8, 4) is 0 Å². The molecular weight excluding hydrogens is 410 g/mol. The van der Waals surface area contributed by atoms with Crippen LogP contribution in [-0.2, 0) is 22.4 Å². The number of aryl methyl sites for hydroxylation is 3. The Kier molecular flexibility index (Phi) is 5.57. The van der Waals surface area contributed by atoms with E-state index in [4.69, 9.17) is 8.83 Å². The number of carboxylic acid groups (broad SMARTS) is 1. The van der Waals surface area contributed by atoms with E-state index >= 15 is 0 Å². The van der Waals surface area contributed by atoms with E-state index in [9.17, 15) is 19.5 Å². The minimum Gasteiger partial charge on any atom is -0.480 e. The smallest absolute Gasteiger partial charge is 0.340 e. The Balaban J connectivity index is 1.65. The highest BCUT2D eigenvalue weighted by atomic mass is 16.4. The van der Waals surface area contributed by atoms with E-state index in [2.05, 4.69) is 5.32 Å². The maximum absolute atomic E-state index is 12.7. The molecule has 0 radical (unpaired) electrons. The van der Waals surface area contributed by atoms with Gasteiger partial charge in [-0.2, -0.15) is 0 Å². The lowest BCUT2D eigenvalue weighted by molar-refractivity contribution is -0.141. The van der Waals surface area contributed by atoms with Gasteiger partial charge in [0.1, 0.15) is 17.2 Å². The van der Waals surface area contributed by atoms with E-state index in [-0.39, 0.29) is 18.4 Å². The molecule has 0 saturated heterocycles. The lowest BCUT2D eigenvalue weighted by Crippen LogP contribution is -2.43. The molecule has 2 N–H and O–H groups in total. The Morgan fingerprint density at radius 3 is 2.44 bits per heavy atom. The Morgan fingerprint density at radius 1 is 1.03 bits per heavy atom. The molecule has 0 saturated carbocycles. The van der Waals surface area contributed by atoms with Crippen LogP contribution >= 0.6 is 0 Å². The van der Waals surface area contributed by atoms with Gasteiger partial charge in [-0.1, -0.05) is 30.3 Å². The Bertz CT molecular complexity index is 1400. The summed E-state index contributed by atoms with van der Waals surface area (Å²) in [7, 11) is 0. The number of hydrogen-bond donors (Lipinski definition) is 2. The normalized spacial score (nSPS) is 12.2. The number of rotatable bonds is 6. The predicted octanol–water partition coefficient (Wildman–Crippen LogP) is 3.82. The molecule has 1 amide bonds. The molecule has 0 fully saturated rings. The number of nitrogens with one attached hydrogen (secondary N) is 1. The van der Waals surface area contributed by atoms with Crippen LogP contribution in [-0.4, -0.2) is 23.0 Å². The van der Waals surface area contributed by atoms with Gasteiger partial charge in [-0.25, -0.2) is 9.59 Å². The van der Waals surface area contributed by atoms with Crippen LogP contribution in [0.15, 0.2) is 56.3 Å². The molecule has 2 heterocycles. The first-order valence-corrected chi connectivity index (χ1v) is 10.3. The van der Waals surface area contributed by atoms with Gasteiger partial charge in [0.25, 0.3) is 0 Å². The second kappa shape index (κ2) is 8.34. The first-order valence-electron chi connectivity index (χ1n) is 10.3. The number of amides is 1. The number of benzene rings is 2. The summed E-state index contributed by atoms with van der Waals surface area (Å²) in [6, 6.07) is 9.83. The lowest BCUT2D eigenvalue weighted by atomic mass is 9.99. The van der Waals surface area contributed by atoms with E-state index in [1.807, 2.05) is 26.0 Å². The van der Waals surface area contributed by atoms with Crippen molar-refractivity contribution < 1.29 is 23.5 Å². The molecule has 0 unspecified atom stereocenters. The molecule has 4 aromatic rings. The van der Waals surface area contributed by atoms with Gasteiger partial charge in [-0.15, -0.1) is 0 Å². The van der Waals surface area contributed by atoms with Crippen LogP contribution in [0.25, 0.3) is 21.9 Å². The van der Waals surface area contributed by atoms with Crippen molar-refractivity contribution in [1.29, 1.82) is 0 Å². The van der Waals surface area contributed by atoms with E-state index in [0.29, 0.717) is 16.7 Å². The zero-order chi connectivity index (χ0) is 23.0. The highest BCUT2D eigenvalue weighted by Crippen LogP contribution is 2.32. The Morgan fingerprint density at radius 2 is 1.75 bits per heavy atom. The van der Waals surface area contributed by atoms with Crippen molar-refractivity contribution in [1.82, 2.24) is 5.32 Å². The highest BCUT2D eigenvalue weighted by Gasteiger charge is 2.23. The van der Waals surface area contributed by atoms with Crippen molar-refractivity contribution in [3.05, 3.63) is 80.9 Å². The number of fused-ring (bicyclic) bond motifs is 2. The lowest BCUT2D eigenvalue weighted by Gasteiger charge is -2.15. The molecule has 0 aliphatic heterocycles. The fourth-order valence-corrected chi connectivity index (χ4v) is 3.98. The maximum Gasteiger partial charge on any atom is 0.340 e. The molecule has 2 aromatic carbocycles. The number of aliphatic carboxylic acids is 1. The third kappa shape index (κ3) is 3.89. The van der Waals surface area contributed by atoms with Gasteiger partial charge >= 0.3 is 11.6 Å². The largest absolute Gasteiger partial charge is 0.480 e. The van der Waals surface area contributed by atoms with Gasteiger partial charge in [-0.3, -0.25) is 4.79 Å².